The van der Waals surface area contributed by atoms with E-state index in [9.17, 15) is 14.5 Å². The van der Waals surface area contributed by atoms with Crippen LogP contribution in [0.2, 0.25) is 0 Å². The number of nitro groups is 1. The van der Waals surface area contributed by atoms with E-state index >= 15 is 0 Å². The van der Waals surface area contributed by atoms with Gasteiger partial charge < -0.3 is 10.2 Å². The Hall–Kier alpha value is -1.21. The molecule has 0 spiro atoms. The van der Waals surface area contributed by atoms with E-state index in [1.165, 1.54) is 6.07 Å². The summed E-state index contributed by atoms with van der Waals surface area (Å²) in [6.07, 6.45) is 0. The maximum Gasteiger partial charge on any atom is 0.293 e. The molecule has 0 fully saturated rings. The van der Waals surface area contributed by atoms with Crippen molar-refractivity contribution in [2.24, 2.45) is 0 Å². The molecule has 7 heteroatoms. The molecule has 1 N–H and O–H groups in total. The van der Waals surface area contributed by atoms with E-state index in [0.717, 1.165) is 6.07 Å². The number of anilines is 1. The van der Waals surface area contributed by atoms with Crippen LogP contribution in [0.4, 0.5) is 15.8 Å². The van der Waals surface area contributed by atoms with Crippen LogP contribution in [0.15, 0.2) is 16.6 Å². The second kappa shape index (κ2) is 5.92. The van der Waals surface area contributed by atoms with Crippen molar-refractivity contribution in [1.29, 1.82) is 0 Å². The van der Waals surface area contributed by atoms with Crippen molar-refractivity contribution in [3.63, 3.8) is 0 Å². The summed E-state index contributed by atoms with van der Waals surface area (Å²) in [7, 11) is 3.47. The normalized spacial score (nSPS) is 10.4. The van der Waals surface area contributed by atoms with Crippen molar-refractivity contribution in [1.82, 2.24) is 5.32 Å². The Labute approximate surface area is 107 Å². The van der Waals surface area contributed by atoms with Gasteiger partial charge in [0.1, 0.15) is 11.5 Å². The molecular formula is C10H13BrFN3O2. The van der Waals surface area contributed by atoms with Gasteiger partial charge in [-0.05, 0) is 23.0 Å². The molecule has 0 saturated carbocycles. The third-order valence-corrected chi connectivity index (χ3v) is 2.93. The number of halogens is 2. The van der Waals surface area contributed by atoms with Gasteiger partial charge >= 0.3 is 0 Å². The van der Waals surface area contributed by atoms with Gasteiger partial charge in [0.15, 0.2) is 0 Å². The number of nitrogens with one attached hydrogen (secondary N) is 1. The Bertz CT molecular complexity index is 428. The van der Waals surface area contributed by atoms with Crippen molar-refractivity contribution >= 4 is 27.3 Å². The third kappa shape index (κ3) is 3.37. The van der Waals surface area contributed by atoms with Gasteiger partial charge in [-0.3, -0.25) is 10.1 Å². The fourth-order valence-electron chi connectivity index (χ4n) is 1.38. The number of nitrogens with zero attached hydrogens (tertiary/aromatic N) is 2. The molecule has 0 aromatic heterocycles. The Morgan fingerprint density at radius 1 is 1.59 bits per heavy atom. The summed E-state index contributed by atoms with van der Waals surface area (Å²) in [4.78, 5) is 12.0. The summed E-state index contributed by atoms with van der Waals surface area (Å²) < 4.78 is 13.5. The second-order valence-corrected chi connectivity index (χ2v) is 4.39. The predicted molar refractivity (Wildman–Crippen MR) is 68.0 cm³/mol. The van der Waals surface area contributed by atoms with Crippen LogP contribution in [0.1, 0.15) is 0 Å². The zero-order valence-electron chi connectivity index (χ0n) is 9.54. The molecule has 0 aliphatic heterocycles. The van der Waals surface area contributed by atoms with Crippen LogP contribution in [0.25, 0.3) is 0 Å². The van der Waals surface area contributed by atoms with Crippen LogP contribution < -0.4 is 10.2 Å². The summed E-state index contributed by atoms with van der Waals surface area (Å²) in [6, 6.07) is 2.35. The zero-order chi connectivity index (χ0) is 13.0. The highest BCUT2D eigenvalue weighted by Gasteiger charge is 2.20. The third-order valence-electron chi connectivity index (χ3n) is 2.32. The first-order valence-corrected chi connectivity index (χ1v) is 5.76. The van der Waals surface area contributed by atoms with E-state index in [1.54, 1.807) is 19.0 Å². The van der Waals surface area contributed by atoms with Gasteiger partial charge in [-0.25, -0.2) is 4.39 Å². The Morgan fingerprint density at radius 3 is 2.76 bits per heavy atom. The molecule has 0 saturated heterocycles. The fourth-order valence-corrected chi connectivity index (χ4v) is 1.71. The average Bonchev–Trinajstić information content (AvgIpc) is 2.28. The van der Waals surface area contributed by atoms with Crippen LogP contribution in [0.3, 0.4) is 0 Å². The van der Waals surface area contributed by atoms with Crippen LogP contribution in [-0.4, -0.2) is 32.1 Å². The van der Waals surface area contributed by atoms with Crippen molar-refractivity contribution in [2.75, 3.05) is 32.1 Å². The minimum Gasteiger partial charge on any atom is -0.368 e. The molecule has 0 amide bonds. The predicted octanol–water partition coefficient (Wildman–Crippen LogP) is 2.15. The van der Waals surface area contributed by atoms with Crippen molar-refractivity contribution in [3.8, 4) is 0 Å². The molecule has 1 rings (SSSR count). The van der Waals surface area contributed by atoms with E-state index in [0.29, 0.717) is 13.1 Å². The van der Waals surface area contributed by atoms with Gasteiger partial charge in [0.2, 0.25) is 0 Å². The van der Waals surface area contributed by atoms with Crippen molar-refractivity contribution < 1.29 is 9.31 Å². The van der Waals surface area contributed by atoms with Gasteiger partial charge in [-0.15, -0.1) is 0 Å². The number of likely N-dealkylation sites (N-methyl/N-ethyl adjacent to an activating group) is 2. The highest BCUT2D eigenvalue weighted by atomic mass is 79.9. The SMILES string of the molecule is CNCCN(C)c1cc(F)c(Br)cc1[N+](=O)[O-]. The molecule has 0 unspecified atom stereocenters. The molecule has 0 heterocycles. The van der Waals surface area contributed by atoms with E-state index in [-0.39, 0.29) is 15.8 Å². The molecule has 0 aliphatic rings. The second-order valence-electron chi connectivity index (χ2n) is 3.54. The average molecular weight is 306 g/mol. The summed E-state index contributed by atoms with van der Waals surface area (Å²) in [5.74, 6) is -0.512. The lowest BCUT2D eigenvalue weighted by Gasteiger charge is -2.19. The quantitative estimate of drug-likeness (QED) is 0.669. The molecule has 1 aromatic rings. The van der Waals surface area contributed by atoms with Crippen molar-refractivity contribution in [3.05, 3.63) is 32.5 Å². The minimum absolute atomic E-state index is 0.0926. The van der Waals surface area contributed by atoms with Crippen LogP contribution in [0, 0.1) is 15.9 Å². The van der Waals surface area contributed by atoms with E-state index in [4.69, 9.17) is 0 Å². The van der Waals surface area contributed by atoms with E-state index in [1.807, 2.05) is 0 Å². The number of hydrogen-bond donors (Lipinski definition) is 1. The number of hydrogen-bond acceptors (Lipinski definition) is 4. The molecule has 0 atom stereocenters. The first kappa shape index (κ1) is 13.9. The van der Waals surface area contributed by atoms with Gasteiger partial charge in [0, 0.05) is 32.3 Å². The lowest BCUT2D eigenvalue weighted by atomic mass is 10.2. The van der Waals surface area contributed by atoms with Crippen LogP contribution >= 0.6 is 15.9 Å². The number of nitro benzene ring substituents is 1. The molecule has 0 aliphatic carbocycles. The van der Waals surface area contributed by atoms with E-state index < -0.39 is 10.7 Å². The van der Waals surface area contributed by atoms with Crippen molar-refractivity contribution in [2.45, 2.75) is 0 Å². The molecule has 5 nitrogen and oxygen atoms in total. The van der Waals surface area contributed by atoms with Crippen LogP contribution in [0.5, 0.6) is 0 Å². The van der Waals surface area contributed by atoms with Gasteiger partial charge in [0.25, 0.3) is 5.69 Å². The molecule has 17 heavy (non-hydrogen) atoms. The summed E-state index contributed by atoms with van der Waals surface area (Å²) in [5, 5.41) is 13.8. The summed E-state index contributed by atoms with van der Waals surface area (Å²) in [5.41, 5.74) is 0.155. The highest BCUT2D eigenvalue weighted by Crippen LogP contribution is 2.32. The largest absolute Gasteiger partial charge is 0.368 e. The fraction of sp³-hybridized carbons (Fsp3) is 0.400. The lowest BCUT2D eigenvalue weighted by Crippen LogP contribution is -2.27. The smallest absolute Gasteiger partial charge is 0.293 e. The highest BCUT2D eigenvalue weighted by molar-refractivity contribution is 9.10. The minimum atomic E-state index is -0.518. The maximum atomic E-state index is 13.4. The Kier molecular flexibility index (Phi) is 4.83. The molecule has 0 radical (unpaired) electrons. The van der Waals surface area contributed by atoms with Gasteiger partial charge in [-0.1, -0.05) is 0 Å². The van der Waals surface area contributed by atoms with E-state index in [2.05, 4.69) is 21.2 Å². The molecular weight excluding hydrogens is 293 g/mol. The topological polar surface area (TPSA) is 58.4 Å². The standard InChI is InChI=1S/C10H13BrFN3O2/c1-13-3-4-14(2)9-6-8(12)7(11)5-10(9)15(16)17/h5-6,13H,3-4H2,1-2H3. The molecule has 1 aromatic carbocycles. The van der Waals surface area contributed by atoms with Gasteiger partial charge in [0.05, 0.1) is 9.40 Å². The Morgan fingerprint density at radius 2 is 2.24 bits per heavy atom. The Balaban J connectivity index is 3.11. The maximum absolute atomic E-state index is 13.4. The van der Waals surface area contributed by atoms with Gasteiger partial charge in [-0.2, -0.15) is 0 Å². The zero-order valence-corrected chi connectivity index (χ0v) is 11.1. The summed E-state index contributed by atoms with van der Waals surface area (Å²) in [6.45, 7) is 1.21. The lowest BCUT2D eigenvalue weighted by molar-refractivity contribution is -0.384. The number of rotatable bonds is 5. The first-order chi connectivity index (χ1) is 7.97. The molecule has 94 valence electrons. The first-order valence-electron chi connectivity index (χ1n) is 4.96. The van der Waals surface area contributed by atoms with Crippen LogP contribution in [-0.2, 0) is 0 Å². The number of benzene rings is 1. The summed E-state index contributed by atoms with van der Waals surface area (Å²) >= 11 is 2.94. The molecule has 0 bridgehead atoms. The monoisotopic (exact) mass is 305 g/mol.